The number of piperazine rings is 1. The van der Waals surface area contributed by atoms with Gasteiger partial charge >= 0.3 is 0 Å². The Labute approximate surface area is 224 Å². The van der Waals surface area contributed by atoms with Crippen LogP contribution in [0.5, 0.6) is 0 Å². The summed E-state index contributed by atoms with van der Waals surface area (Å²) in [6, 6.07) is 22.8. The van der Waals surface area contributed by atoms with Crippen molar-refractivity contribution in [2.45, 2.75) is 25.3 Å². The van der Waals surface area contributed by atoms with E-state index < -0.39 is 10.0 Å². The molecule has 1 saturated heterocycles. The third kappa shape index (κ3) is 6.86. The summed E-state index contributed by atoms with van der Waals surface area (Å²) in [6.07, 6.45) is 0. The molecular weight excluding hydrogens is 500 g/mol. The first-order chi connectivity index (χ1) is 18.2. The Morgan fingerprint density at radius 2 is 1.53 bits per heavy atom. The van der Waals surface area contributed by atoms with E-state index in [1.807, 2.05) is 32.0 Å². The Bertz CT molecular complexity index is 1370. The van der Waals surface area contributed by atoms with Crippen LogP contribution in [0, 0.1) is 5.92 Å². The number of nitrogens with zero attached hydrogens (tertiary/aromatic N) is 2. The van der Waals surface area contributed by atoms with Crippen molar-refractivity contribution >= 4 is 27.5 Å². The number of para-hydroxylation sites is 1. The molecule has 1 aliphatic heterocycles. The largest absolute Gasteiger partial charge is 0.352 e. The fraction of sp³-hybridized carbons (Fsp3) is 0.310. The van der Waals surface area contributed by atoms with Crippen LogP contribution in [-0.4, -0.2) is 62.2 Å². The maximum absolute atomic E-state index is 13.1. The molecule has 3 aromatic carbocycles. The predicted molar refractivity (Wildman–Crippen MR) is 148 cm³/mol. The highest BCUT2D eigenvalue weighted by molar-refractivity contribution is 7.89. The summed E-state index contributed by atoms with van der Waals surface area (Å²) in [5, 5.41) is 5.77. The number of hydrogen-bond donors (Lipinski definition) is 2. The van der Waals surface area contributed by atoms with Crippen molar-refractivity contribution < 1.29 is 18.0 Å². The number of hydrogen-bond acceptors (Lipinski definition) is 5. The van der Waals surface area contributed by atoms with Gasteiger partial charge in [0.1, 0.15) is 0 Å². The van der Waals surface area contributed by atoms with Crippen LogP contribution in [0.2, 0.25) is 0 Å². The van der Waals surface area contributed by atoms with E-state index in [0.29, 0.717) is 66.9 Å². The quantitative estimate of drug-likeness (QED) is 0.435. The van der Waals surface area contributed by atoms with Crippen molar-refractivity contribution in [3.05, 3.63) is 95.6 Å². The van der Waals surface area contributed by atoms with E-state index in [1.165, 1.54) is 4.31 Å². The van der Waals surface area contributed by atoms with E-state index in [1.54, 1.807) is 60.7 Å². The standard InChI is InChI=1S/C29H34N4O4S/c1-22(2)20-30-29(35)26-13-6-7-14-27(26)31-28(34)24-10-8-9-23(19-24)21-32-15-17-33(18-16-32)38(36,37)25-11-4-3-5-12-25/h3-14,19,22H,15-18,20-21H2,1-2H3,(H,30,35)(H,31,34). The number of amides is 2. The average molecular weight is 535 g/mol. The average Bonchev–Trinajstić information content (AvgIpc) is 2.93. The van der Waals surface area contributed by atoms with Gasteiger partial charge in [-0.2, -0.15) is 4.31 Å². The number of benzene rings is 3. The van der Waals surface area contributed by atoms with E-state index in [9.17, 15) is 18.0 Å². The smallest absolute Gasteiger partial charge is 0.255 e. The van der Waals surface area contributed by atoms with Crippen LogP contribution < -0.4 is 10.6 Å². The van der Waals surface area contributed by atoms with Gasteiger partial charge in [0, 0.05) is 44.8 Å². The fourth-order valence-corrected chi connectivity index (χ4v) is 5.76. The first kappa shape index (κ1) is 27.5. The third-order valence-electron chi connectivity index (χ3n) is 6.40. The van der Waals surface area contributed by atoms with Crippen molar-refractivity contribution in [1.82, 2.24) is 14.5 Å². The van der Waals surface area contributed by atoms with Crippen LogP contribution in [0.3, 0.4) is 0 Å². The van der Waals surface area contributed by atoms with Crippen LogP contribution in [0.15, 0.2) is 83.8 Å². The van der Waals surface area contributed by atoms with Gasteiger partial charge in [-0.1, -0.05) is 56.3 Å². The lowest BCUT2D eigenvalue weighted by molar-refractivity contribution is 0.0950. The summed E-state index contributed by atoms with van der Waals surface area (Å²) in [4.78, 5) is 28.2. The lowest BCUT2D eigenvalue weighted by Crippen LogP contribution is -2.48. The highest BCUT2D eigenvalue weighted by atomic mass is 32.2. The minimum absolute atomic E-state index is 0.225. The third-order valence-corrected chi connectivity index (χ3v) is 8.31. The van der Waals surface area contributed by atoms with Crippen molar-refractivity contribution in [2.24, 2.45) is 5.92 Å². The normalized spacial score (nSPS) is 14.8. The van der Waals surface area contributed by atoms with Gasteiger partial charge in [0.25, 0.3) is 11.8 Å². The van der Waals surface area contributed by atoms with Crippen molar-refractivity contribution in [3.63, 3.8) is 0 Å². The number of sulfonamides is 1. The van der Waals surface area contributed by atoms with Gasteiger partial charge in [0.15, 0.2) is 0 Å². The number of anilines is 1. The lowest BCUT2D eigenvalue weighted by atomic mass is 10.1. The Kier molecular flexibility index (Phi) is 8.93. The summed E-state index contributed by atoms with van der Waals surface area (Å²) in [5.41, 5.74) is 2.33. The Balaban J connectivity index is 1.37. The zero-order chi connectivity index (χ0) is 27.1. The summed E-state index contributed by atoms with van der Waals surface area (Å²) in [6.45, 7) is 7.22. The molecule has 200 valence electrons. The van der Waals surface area contributed by atoms with E-state index >= 15 is 0 Å². The molecule has 0 aromatic heterocycles. The molecule has 0 unspecified atom stereocenters. The highest BCUT2D eigenvalue weighted by Gasteiger charge is 2.28. The molecule has 0 saturated carbocycles. The van der Waals surface area contributed by atoms with Crippen molar-refractivity contribution in [3.8, 4) is 0 Å². The molecule has 1 fully saturated rings. The van der Waals surface area contributed by atoms with E-state index in [4.69, 9.17) is 0 Å². The Morgan fingerprint density at radius 1 is 0.842 bits per heavy atom. The molecule has 2 N–H and O–H groups in total. The molecule has 0 bridgehead atoms. The number of rotatable bonds is 9. The molecule has 2 amide bonds. The van der Waals surface area contributed by atoms with Crippen LogP contribution in [0.25, 0.3) is 0 Å². The van der Waals surface area contributed by atoms with E-state index in [0.717, 1.165) is 5.56 Å². The molecule has 1 aliphatic rings. The van der Waals surface area contributed by atoms with Crippen LogP contribution in [0.4, 0.5) is 5.69 Å². The zero-order valence-electron chi connectivity index (χ0n) is 21.8. The van der Waals surface area contributed by atoms with Gasteiger partial charge in [0.05, 0.1) is 16.1 Å². The summed E-state index contributed by atoms with van der Waals surface area (Å²) < 4.78 is 27.3. The zero-order valence-corrected chi connectivity index (χ0v) is 22.6. The number of carbonyl (C=O) groups is 2. The van der Waals surface area contributed by atoms with Crippen molar-refractivity contribution in [1.29, 1.82) is 0 Å². The lowest BCUT2D eigenvalue weighted by Gasteiger charge is -2.34. The van der Waals surface area contributed by atoms with Gasteiger partial charge in [-0.05, 0) is 47.9 Å². The molecule has 8 nitrogen and oxygen atoms in total. The molecular formula is C29H34N4O4S. The second-order valence-electron chi connectivity index (χ2n) is 9.80. The molecule has 1 heterocycles. The second kappa shape index (κ2) is 12.3. The number of carbonyl (C=O) groups excluding carboxylic acids is 2. The van der Waals surface area contributed by atoms with Gasteiger partial charge in [-0.25, -0.2) is 8.42 Å². The maximum Gasteiger partial charge on any atom is 0.255 e. The van der Waals surface area contributed by atoms with Crippen LogP contribution in [0.1, 0.15) is 40.1 Å². The SMILES string of the molecule is CC(C)CNC(=O)c1ccccc1NC(=O)c1cccc(CN2CCN(S(=O)(=O)c3ccccc3)CC2)c1. The first-order valence-corrected chi connectivity index (χ1v) is 14.2. The predicted octanol–water partition coefficient (Wildman–Crippen LogP) is 3.83. The molecule has 0 spiro atoms. The molecule has 4 rings (SSSR count). The summed E-state index contributed by atoms with van der Waals surface area (Å²) in [5.74, 6) is -0.203. The van der Waals surface area contributed by atoms with Crippen molar-refractivity contribution in [2.75, 3.05) is 38.0 Å². The molecule has 0 radical (unpaired) electrons. The maximum atomic E-state index is 13.1. The van der Waals surface area contributed by atoms with Gasteiger partial charge in [-0.15, -0.1) is 0 Å². The summed E-state index contributed by atoms with van der Waals surface area (Å²) >= 11 is 0. The van der Waals surface area contributed by atoms with Crippen LogP contribution in [-0.2, 0) is 16.6 Å². The topological polar surface area (TPSA) is 98.8 Å². The summed E-state index contributed by atoms with van der Waals surface area (Å²) in [7, 11) is -3.50. The highest BCUT2D eigenvalue weighted by Crippen LogP contribution is 2.20. The Morgan fingerprint density at radius 3 is 2.24 bits per heavy atom. The van der Waals surface area contributed by atoms with Gasteiger partial charge in [-0.3, -0.25) is 14.5 Å². The van der Waals surface area contributed by atoms with E-state index in [2.05, 4.69) is 15.5 Å². The molecule has 9 heteroatoms. The van der Waals surface area contributed by atoms with E-state index in [-0.39, 0.29) is 11.8 Å². The fourth-order valence-electron chi connectivity index (χ4n) is 4.32. The minimum atomic E-state index is -3.50. The molecule has 38 heavy (non-hydrogen) atoms. The van der Waals surface area contributed by atoms with Gasteiger partial charge in [0.2, 0.25) is 10.0 Å². The number of nitrogens with one attached hydrogen (secondary N) is 2. The Hall–Kier alpha value is -3.53. The molecule has 3 aromatic rings. The van der Waals surface area contributed by atoms with Gasteiger partial charge < -0.3 is 10.6 Å². The first-order valence-electron chi connectivity index (χ1n) is 12.8. The second-order valence-corrected chi connectivity index (χ2v) is 11.7. The molecule has 0 atom stereocenters. The molecule has 0 aliphatic carbocycles. The minimum Gasteiger partial charge on any atom is -0.352 e. The van der Waals surface area contributed by atoms with Crippen LogP contribution >= 0.6 is 0 Å². The monoisotopic (exact) mass is 534 g/mol.